The third kappa shape index (κ3) is 4.08. The molecular weight excluding hydrogens is 262 g/mol. The van der Waals surface area contributed by atoms with Crippen LogP contribution in [0.3, 0.4) is 0 Å². The molecule has 21 heavy (non-hydrogen) atoms. The fourth-order valence-corrected chi connectivity index (χ4v) is 2.39. The summed E-state index contributed by atoms with van der Waals surface area (Å²) in [6, 6.07) is 10.6. The maximum atomic E-state index is 6.02. The molecule has 114 valence electrons. The van der Waals surface area contributed by atoms with Crippen LogP contribution in [0.2, 0.25) is 0 Å². The lowest BCUT2D eigenvalue weighted by Crippen LogP contribution is -2.20. The van der Waals surface area contributed by atoms with Crippen LogP contribution in [-0.2, 0) is 13.7 Å². The van der Waals surface area contributed by atoms with Crippen molar-refractivity contribution in [2.24, 2.45) is 7.05 Å². The smallest absolute Gasteiger partial charge is 0.130 e. The Labute approximate surface area is 127 Å². The first-order chi connectivity index (χ1) is 10.1. The summed E-state index contributed by atoms with van der Waals surface area (Å²) >= 11 is 0. The van der Waals surface area contributed by atoms with E-state index in [1.165, 1.54) is 5.56 Å². The Morgan fingerprint density at radius 1 is 1.33 bits per heavy atom. The first-order valence-electron chi connectivity index (χ1n) is 7.56. The van der Waals surface area contributed by atoms with Gasteiger partial charge >= 0.3 is 0 Å². The van der Waals surface area contributed by atoms with Gasteiger partial charge in [0.25, 0.3) is 0 Å². The van der Waals surface area contributed by atoms with Crippen molar-refractivity contribution in [1.82, 2.24) is 15.1 Å². The number of hydrogen-bond acceptors (Lipinski definition) is 3. The van der Waals surface area contributed by atoms with Gasteiger partial charge in [0.2, 0.25) is 0 Å². The van der Waals surface area contributed by atoms with Gasteiger partial charge in [-0.05, 0) is 38.9 Å². The number of rotatable bonds is 7. The second kappa shape index (κ2) is 7.27. The van der Waals surface area contributed by atoms with E-state index < -0.39 is 0 Å². The monoisotopic (exact) mass is 287 g/mol. The van der Waals surface area contributed by atoms with Crippen LogP contribution in [0.15, 0.2) is 30.3 Å². The fourth-order valence-electron chi connectivity index (χ4n) is 2.39. The number of aryl methyl sites for hydroxylation is 2. The molecule has 1 N–H and O–H groups in total. The number of hydrogen-bond donors (Lipinski definition) is 1. The molecule has 4 heteroatoms. The van der Waals surface area contributed by atoms with Crippen LogP contribution in [0.1, 0.15) is 43.3 Å². The van der Waals surface area contributed by atoms with Crippen molar-refractivity contribution in [2.75, 3.05) is 6.54 Å². The first kappa shape index (κ1) is 15.6. The van der Waals surface area contributed by atoms with Crippen molar-refractivity contribution in [3.63, 3.8) is 0 Å². The molecule has 1 aromatic heterocycles. The minimum atomic E-state index is 0.287. The van der Waals surface area contributed by atoms with Crippen LogP contribution in [-0.4, -0.2) is 16.3 Å². The average Bonchev–Trinajstić information content (AvgIpc) is 2.81. The SMILES string of the molecule is CCCNC(C)c1ccccc1OCc1cc(C)nn1C. The molecule has 0 aliphatic carbocycles. The Balaban J connectivity index is 2.07. The van der Waals surface area contributed by atoms with E-state index in [1.54, 1.807) is 0 Å². The summed E-state index contributed by atoms with van der Waals surface area (Å²) in [4.78, 5) is 0. The van der Waals surface area contributed by atoms with Gasteiger partial charge in [0.1, 0.15) is 12.4 Å². The average molecular weight is 287 g/mol. The number of nitrogens with one attached hydrogen (secondary N) is 1. The Hall–Kier alpha value is -1.81. The number of ether oxygens (including phenoxy) is 1. The van der Waals surface area contributed by atoms with Gasteiger partial charge in [-0.2, -0.15) is 5.10 Å². The molecule has 0 bridgehead atoms. The number of nitrogens with zero attached hydrogens (tertiary/aromatic N) is 2. The van der Waals surface area contributed by atoms with Gasteiger partial charge in [-0.25, -0.2) is 0 Å². The molecule has 2 aromatic rings. The van der Waals surface area contributed by atoms with Gasteiger partial charge in [-0.15, -0.1) is 0 Å². The Morgan fingerprint density at radius 2 is 2.10 bits per heavy atom. The summed E-state index contributed by atoms with van der Waals surface area (Å²) in [7, 11) is 1.95. The highest BCUT2D eigenvalue weighted by molar-refractivity contribution is 5.35. The molecule has 0 radical (unpaired) electrons. The summed E-state index contributed by atoms with van der Waals surface area (Å²) in [6.07, 6.45) is 1.13. The highest BCUT2D eigenvalue weighted by Gasteiger charge is 2.11. The van der Waals surface area contributed by atoms with Gasteiger partial charge < -0.3 is 10.1 Å². The summed E-state index contributed by atoms with van der Waals surface area (Å²) in [5.74, 6) is 0.937. The largest absolute Gasteiger partial charge is 0.487 e. The van der Waals surface area contributed by atoms with Crippen LogP contribution < -0.4 is 10.1 Å². The molecule has 0 spiro atoms. The standard InChI is InChI=1S/C17H25N3O/c1-5-10-18-14(3)16-8-6-7-9-17(16)21-12-15-11-13(2)19-20(15)4/h6-9,11,14,18H,5,10,12H2,1-4H3. The van der Waals surface area contributed by atoms with Gasteiger partial charge in [0, 0.05) is 18.7 Å². The maximum absolute atomic E-state index is 6.02. The van der Waals surface area contributed by atoms with Crippen molar-refractivity contribution >= 4 is 0 Å². The van der Waals surface area contributed by atoms with Crippen LogP contribution >= 0.6 is 0 Å². The van der Waals surface area contributed by atoms with Crippen LogP contribution in [0, 0.1) is 6.92 Å². The first-order valence-corrected chi connectivity index (χ1v) is 7.56. The van der Waals surface area contributed by atoms with E-state index in [0.717, 1.165) is 30.1 Å². The molecule has 1 unspecified atom stereocenters. The summed E-state index contributed by atoms with van der Waals surface area (Å²) in [6.45, 7) is 7.89. The highest BCUT2D eigenvalue weighted by Crippen LogP contribution is 2.25. The lowest BCUT2D eigenvalue weighted by molar-refractivity contribution is 0.289. The molecule has 0 aliphatic heterocycles. The third-order valence-electron chi connectivity index (χ3n) is 3.56. The normalized spacial score (nSPS) is 12.4. The van der Waals surface area contributed by atoms with Crippen LogP contribution in [0.4, 0.5) is 0 Å². The number of para-hydroxylation sites is 1. The highest BCUT2D eigenvalue weighted by atomic mass is 16.5. The second-order valence-electron chi connectivity index (χ2n) is 5.40. The van der Waals surface area contributed by atoms with Crippen molar-refractivity contribution in [1.29, 1.82) is 0 Å². The van der Waals surface area contributed by atoms with E-state index in [-0.39, 0.29) is 6.04 Å². The van der Waals surface area contributed by atoms with E-state index in [2.05, 4.69) is 42.5 Å². The quantitative estimate of drug-likeness (QED) is 0.848. The third-order valence-corrected chi connectivity index (χ3v) is 3.56. The molecule has 4 nitrogen and oxygen atoms in total. The van der Waals surface area contributed by atoms with Crippen molar-refractivity contribution in [3.05, 3.63) is 47.3 Å². The van der Waals surface area contributed by atoms with Gasteiger partial charge in [-0.1, -0.05) is 25.1 Å². The lowest BCUT2D eigenvalue weighted by atomic mass is 10.1. The van der Waals surface area contributed by atoms with E-state index in [9.17, 15) is 0 Å². The molecule has 0 fully saturated rings. The van der Waals surface area contributed by atoms with E-state index in [0.29, 0.717) is 6.61 Å². The molecule has 1 aromatic carbocycles. The lowest BCUT2D eigenvalue weighted by Gasteiger charge is -2.18. The summed E-state index contributed by atoms with van der Waals surface area (Å²) in [5.41, 5.74) is 3.30. The van der Waals surface area contributed by atoms with Crippen molar-refractivity contribution < 1.29 is 4.74 Å². The number of benzene rings is 1. The molecule has 0 saturated carbocycles. The Bertz CT molecular complexity index is 577. The van der Waals surface area contributed by atoms with Crippen molar-refractivity contribution in [3.8, 4) is 5.75 Å². The van der Waals surface area contributed by atoms with E-state index in [1.807, 2.05) is 30.8 Å². The Morgan fingerprint density at radius 3 is 2.76 bits per heavy atom. The zero-order chi connectivity index (χ0) is 15.2. The zero-order valence-corrected chi connectivity index (χ0v) is 13.4. The maximum Gasteiger partial charge on any atom is 0.130 e. The van der Waals surface area contributed by atoms with E-state index >= 15 is 0 Å². The van der Waals surface area contributed by atoms with E-state index in [4.69, 9.17) is 4.74 Å². The van der Waals surface area contributed by atoms with Gasteiger partial charge in [0.05, 0.1) is 11.4 Å². The topological polar surface area (TPSA) is 39.1 Å². The predicted octanol–water partition coefficient (Wildman–Crippen LogP) is 3.37. The van der Waals surface area contributed by atoms with Crippen molar-refractivity contribution in [2.45, 2.75) is 39.8 Å². The molecule has 0 aliphatic rings. The number of aromatic nitrogens is 2. The fraction of sp³-hybridized carbons (Fsp3) is 0.471. The van der Waals surface area contributed by atoms with Crippen LogP contribution in [0.5, 0.6) is 5.75 Å². The summed E-state index contributed by atoms with van der Waals surface area (Å²) < 4.78 is 7.89. The molecule has 2 rings (SSSR count). The molecule has 0 amide bonds. The second-order valence-corrected chi connectivity index (χ2v) is 5.40. The minimum Gasteiger partial charge on any atom is -0.487 e. The molecule has 1 heterocycles. The molecule has 1 atom stereocenters. The van der Waals surface area contributed by atoms with Gasteiger partial charge in [0.15, 0.2) is 0 Å². The van der Waals surface area contributed by atoms with Crippen LogP contribution in [0.25, 0.3) is 0 Å². The zero-order valence-electron chi connectivity index (χ0n) is 13.4. The van der Waals surface area contributed by atoms with Gasteiger partial charge in [-0.3, -0.25) is 4.68 Å². The molecular formula is C17H25N3O. The minimum absolute atomic E-state index is 0.287. The predicted molar refractivity (Wildman–Crippen MR) is 85.4 cm³/mol. The Kier molecular flexibility index (Phi) is 5.39. The molecule has 0 saturated heterocycles. The summed E-state index contributed by atoms with van der Waals surface area (Å²) in [5, 5.41) is 7.85.